The van der Waals surface area contributed by atoms with Gasteiger partial charge in [0.15, 0.2) is 10.6 Å². The van der Waals surface area contributed by atoms with E-state index in [1.165, 1.54) is 11.1 Å². The lowest BCUT2D eigenvalue weighted by molar-refractivity contribution is 0.686. The lowest BCUT2D eigenvalue weighted by Gasteiger charge is -2.05. The van der Waals surface area contributed by atoms with Crippen LogP contribution in [0.4, 0.5) is 0 Å². The third-order valence-corrected chi connectivity index (χ3v) is 5.60. The van der Waals surface area contributed by atoms with E-state index in [9.17, 15) is 0 Å². The highest BCUT2D eigenvalue weighted by Gasteiger charge is 2.20. The van der Waals surface area contributed by atoms with Crippen molar-refractivity contribution in [2.24, 2.45) is 7.05 Å². The molecule has 0 unspecified atom stereocenters. The van der Waals surface area contributed by atoms with E-state index in [1.54, 1.807) is 10.9 Å². The molecule has 9 heteroatoms. The number of aryl methyl sites for hydroxylation is 3. The van der Waals surface area contributed by atoms with Gasteiger partial charge in [0.2, 0.25) is 0 Å². The summed E-state index contributed by atoms with van der Waals surface area (Å²) >= 11 is 9.07. The van der Waals surface area contributed by atoms with Gasteiger partial charge in [0.05, 0.1) is 28.6 Å². The van der Waals surface area contributed by atoms with Gasteiger partial charge in [-0.1, -0.05) is 29.8 Å². The van der Waals surface area contributed by atoms with Crippen molar-refractivity contribution >= 4 is 28.1 Å². The summed E-state index contributed by atoms with van der Waals surface area (Å²) in [5, 5.41) is 16.2. The number of hydrogen-bond donors (Lipinski definition) is 1. The zero-order valence-electron chi connectivity index (χ0n) is 15.1. The van der Waals surface area contributed by atoms with E-state index in [0.717, 1.165) is 21.5 Å². The minimum Gasteiger partial charge on any atom is -0.266 e. The monoisotopic (exact) mass is 443 g/mol. The maximum Gasteiger partial charge on any atom is 0.200 e. The van der Waals surface area contributed by atoms with Crippen LogP contribution in [0.1, 0.15) is 16.8 Å². The molecule has 0 aliphatic heterocycles. The lowest BCUT2D eigenvalue weighted by Crippen LogP contribution is -2.02. The molecule has 27 heavy (non-hydrogen) atoms. The molecule has 4 aromatic rings. The maximum absolute atomic E-state index is 5.46. The third-order valence-electron chi connectivity index (χ3n) is 4.38. The second kappa shape index (κ2) is 6.90. The quantitative estimate of drug-likeness (QED) is 0.484. The standard InChI is InChI=1S/C18H18BrN7S/c1-11-4-6-13(7-5-11)9-25-10-14(8-20-25)26-17(21-22-18(26)27)16-15(19)12(2)23-24(16)3/h4-8,10H,9H2,1-3H3,(H,22,27). The minimum atomic E-state index is 0.505. The molecule has 0 saturated heterocycles. The normalized spacial score (nSPS) is 11.3. The summed E-state index contributed by atoms with van der Waals surface area (Å²) < 4.78 is 6.95. The Morgan fingerprint density at radius 1 is 1.19 bits per heavy atom. The molecule has 7 nitrogen and oxygen atoms in total. The van der Waals surface area contributed by atoms with Gasteiger partial charge >= 0.3 is 0 Å². The van der Waals surface area contributed by atoms with Crippen LogP contribution >= 0.6 is 28.1 Å². The lowest BCUT2D eigenvalue weighted by atomic mass is 10.1. The Hall–Kier alpha value is -2.52. The topological polar surface area (TPSA) is 69.2 Å². The van der Waals surface area contributed by atoms with E-state index in [4.69, 9.17) is 12.2 Å². The van der Waals surface area contributed by atoms with Gasteiger partial charge in [-0.15, -0.1) is 0 Å². The fourth-order valence-electron chi connectivity index (χ4n) is 3.01. The SMILES string of the molecule is Cc1ccc(Cn2cc(-n3c(-c4c(Br)c(C)nn4C)n[nH]c3=S)cn2)cc1. The molecule has 0 fully saturated rings. The number of hydrogen-bond acceptors (Lipinski definition) is 4. The predicted octanol–water partition coefficient (Wildman–Crippen LogP) is 3.95. The number of halogens is 1. The molecule has 1 aromatic carbocycles. The van der Waals surface area contributed by atoms with Crippen LogP contribution in [0.3, 0.4) is 0 Å². The van der Waals surface area contributed by atoms with Crippen molar-refractivity contribution in [1.82, 2.24) is 34.3 Å². The first-order valence-corrected chi connectivity index (χ1v) is 9.59. The van der Waals surface area contributed by atoms with Gasteiger partial charge in [-0.05, 0) is 47.6 Å². The van der Waals surface area contributed by atoms with Gasteiger partial charge in [0, 0.05) is 13.2 Å². The van der Waals surface area contributed by atoms with Crippen LogP contribution in [0.25, 0.3) is 17.2 Å². The molecule has 0 radical (unpaired) electrons. The van der Waals surface area contributed by atoms with Crippen LogP contribution in [0.2, 0.25) is 0 Å². The number of nitrogens with zero attached hydrogens (tertiary/aromatic N) is 6. The largest absolute Gasteiger partial charge is 0.266 e. The van der Waals surface area contributed by atoms with Gasteiger partial charge < -0.3 is 0 Å². The Labute approximate surface area is 169 Å². The molecule has 3 heterocycles. The van der Waals surface area contributed by atoms with Crippen molar-refractivity contribution in [2.45, 2.75) is 20.4 Å². The molecule has 0 aliphatic carbocycles. The van der Waals surface area contributed by atoms with Crippen LogP contribution in [0.15, 0.2) is 41.1 Å². The molecule has 0 bridgehead atoms. The first kappa shape index (κ1) is 17.9. The van der Waals surface area contributed by atoms with E-state index in [-0.39, 0.29) is 0 Å². The van der Waals surface area contributed by atoms with E-state index in [2.05, 4.69) is 67.5 Å². The Morgan fingerprint density at radius 3 is 2.59 bits per heavy atom. The van der Waals surface area contributed by atoms with Gasteiger partial charge in [0.1, 0.15) is 5.69 Å². The average molecular weight is 444 g/mol. The van der Waals surface area contributed by atoms with Crippen LogP contribution in [-0.4, -0.2) is 34.3 Å². The fourth-order valence-corrected chi connectivity index (χ4v) is 3.76. The van der Waals surface area contributed by atoms with Gasteiger partial charge in [0.25, 0.3) is 0 Å². The molecular weight excluding hydrogens is 426 g/mol. The summed E-state index contributed by atoms with van der Waals surface area (Å²) in [5.74, 6) is 0.685. The number of aromatic nitrogens is 7. The maximum atomic E-state index is 5.46. The van der Waals surface area contributed by atoms with Gasteiger partial charge in [-0.25, -0.2) is 0 Å². The molecule has 0 atom stereocenters. The summed E-state index contributed by atoms with van der Waals surface area (Å²) in [6, 6.07) is 8.43. The van der Waals surface area contributed by atoms with Crippen molar-refractivity contribution in [2.75, 3.05) is 0 Å². The Kier molecular flexibility index (Phi) is 4.56. The van der Waals surface area contributed by atoms with Crippen LogP contribution in [0.5, 0.6) is 0 Å². The average Bonchev–Trinajstić information content (AvgIpc) is 3.29. The Bertz CT molecular complexity index is 1160. The van der Waals surface area contributed by atoms with Crippen molar-refractivity contribution in [3.63, 3.8) is 0 Å². The molecule has 4 rings (SSSR count). The molecule has 0 amide bonds. The number of rotatable bonds is 4. The molecule has 3 aromatic heterocycles. The Balaban J connectivity index is 1.73. The highest BCUT2D eigenvalue weighted by molar-refractivity contribution is 9.10. The van der Waals surface area contributed by atoms with E-state index < -0.39 is 0 Å². The van der Waals surface area contributed by atoms with Crippen molar-refractivity contribution in [3.05, 3.63) is 62.7 Å². The van der Waals surface area contributed by atoms with Crippen molar-refractivity contribution < 1.29 is 0 Å². The molecule has 0 aliphatic rings. The van der Waals surface area contributed by atoms with Crippen LogP contribution < -0.4 is 0 Å². The van der Waals surface area contributed by atoms with E-state index >= 15 is 0 Å². The summed E-state index contributed by atoms with van der Waals surface area (Å²) in [4.78, 5) is 0. The van der Waals surface area contributed by atoms with E-state index in [1.807, 2.05) is 29.4 Å². The van der Waals surface area contributed by atoms with Gasteiger partial charge in [-0.3, -0.25) is 19.0 Å². The first-order valence-electron chi connectivity index (χ1n) is 8.39. The molecule has 138 valence electrons. The van der Waals surface area contributed by atoms with Crippen molar-refractivity contribution in [1.29, 1.82) is 0 Å². The smallest absolute Gasteiger partial charge is 0.200 e. The second-order valence-electron chi connectivity index (χ2n) is 6.44. The first-order chi connectivity index (χ1) is 12.9. The van der Waals surface area contributed by atoms with Crippen LogP contribution in [0, 0.1) is 18.6 Å². The highest BCUT2D eigenvalue weighted by Crippen LogP contribution is 2.30. The minimum absolute atomic E-state index is 0.505. The fraction of sp³-hybridized carbons (Fsp3) is 0.222. The molecule has 0 saturated carbocycles. The number of aromatic amines is 1. The molecule has 1 N–H and O–H groups in total. The summed E-state index contributed by atoms with van der Waals surface area (Å²) in [5.41, 5.74) is 5.03. The molecule has 0 spiro atoms. The van der Waals surface area contributed by atoms with Gasteiger partial charge in [-0.2, -0.15) is 15.3 Å². The summed E-state index contributed by atoms with van der Waals surface area (Å²) in [6.45, 7) is 4.71. The predicted molar refractivity (Wildman–Crippen MR) is 109 cm³/mol. The highest BCUT2D eigenvalue weighted by atomic mass is 79.9. The zero-order chi connectivity index (χ0) is 19.1. The van der Waals surface area contributed by atoms with E-state index in [0.29, 0.717) is 17.1 Å². The zero-order valence-corrected chi connectivity index (χ0v) is 17.5. The van der Waals surface area contributed by atoms with Crippen molar-refractivity contribution in [3.8, 4) is 17.2 Å². The third kappa shape index (κ3) is 3.28. The number of benzene rings is 1. The number of nitrogens with one attached hydrogen (secondary N) is 1. The second-order valence-corrected chi connectivity index (χ2v) is 7.62. The summed E-state index contributed by atoms with van der Waals surface area (Å²) in [7, 11) is 1.88. The summed E-state index contributed by atoms with van der Waals surface area (Å²) in [6.07, 6.45) is 3.76. The molecular formula is C18H18BrN7S. The van der Waals surface area contributed by atoms with Crippen LogP contribution in [-0.2, 0) is 13.6 Å². The Morgan fingerprint density at radius 2 is 1.93 bits per heavy atom. The number of H-pyrrole nitrogens is 1.